The van der Waals surface area contributed by atoms with E-state index in [0.717, 1.165) is 10.0 Å². The first-order valence-corrected chi connectivity index (χ1v) is 7.51. The van der Waals surface area contributed by atoms with Gasteiger partial charge in [-0.2, -0.15) is 0 Å². The Morgan fingerprint density at radius 3 is 2.73 bits per heavy atom. The first-order valence-electron chi connectivity index (χ1n) is 6.71. The molecule has 0 spiro atoms. The molecule has 1 aromatic heterocycles. The highest BCUT2D eigenvalue weighted by Gasteiger charge is 2.18. The van der Waals surface area contributed by atoms with Gasteiger partial charge >= 0.3 is 5.97 Å². The number of rotatable bonds is 3. The van der Waals surface area contributed by atoms with E-state index < -0.39 is 5.97 Å². The van der Waals surface area contributed by atoms with E-state index in [-0.39, 0.29) is 12.2 Å². The molecule has 3 rings (SSSR count). The van der Waals surface area contributed by atoms with Gasteiger partial charge in [0.1, 0.15) is 11.1 Å². The number of esters is 1. The summed E-state index contributed by atoms with van der Waals surface area (Å²) in [6.45, 7) is 2.03. The van der Waals surface area contributed by atoms with Crippen LogP contribution in [0.25, 0.3) is 22.6 Å². The number of oxazole rings is 1. The number of nitrogens with two attached hydrogens (primary N) is 1. The van der Waals surface area contributed by atoms with Crippen molar-refractivity contribution >= 4 is 38.7 Å². The molecule has 0 aliphatic rings. The van der Waals surface area contributed by atoms with Crippen LogP contribution in [0, 0.1) is 0 Å². The highest BCUT2D eigenvalue weighted by molar-refractivity contribution is 9.10. The molecular formula is C16H13BrN2O3. The average Bonchev–Trinajstić information content (AvgIpc) is 2.91. The highest BCUT2D eigenvalue weighted by Crippen LogP contribution is 2.29. The van der Waals surface area contributed by atoms with Crippen molar-refractivity contribution in [2.45, 2.75) is 6.92 Å². The molecule has 0 saturated heterocycles. The molecule has 112 valence electrons. The van der Waals surface area contributed by atoms with Crippen LogP contribution in [0.5, 0.6) is 0 Å². The van der Waals surface area contributed by atoms with Crippen LogP contribution in [0.3, 0.4) is 0 Å². The van der Waals surface area contributed by atoms with Crippen molar-refractivity contribution < 1.29 is 13.9 Å². The number of hydrogen-bond acceptors (Lipinski definition) is 5. The number of hydrogen-bond donors (Lipinski definition) is 1. The van der Waals surface area contributed by atoms with Crippen LogP contribution in [0.2, 0.25) is 0 Å². The summed E-state index contributed by atoms with van der Waals surface area (Å²) in [5.74, 6) is -0.0445. The Morgan fingerprint density at radius 1 is 1.32 bits per heavy atom. The lowest BCUT2D eigenvalue weighted by Gasteiger charge is -2.02. The molecule has 22 heavy (non-hydrogen) atoms. The Hall–Kier alpha value is -2.34. The quantitative estimate of drug-likeness (QED) is 0.563. The topological polar surface area (TPSA) is 78.4 Å². The fourth-order valence-corrected chi connectivity index (χ4v) is 2.40. The van der Waals surface area contributed by atoms with E-state index in [1.54, 1.807) is 13.0 Å². The first-order chi connectivity index (χ1) is 10.6. The Bertz CT molecular complexity index is 840. The van der Waals surface area contributed by atoms with Gasteiger partial charge in [0.15, 0.2) is 5.58 Å². The fraction of sp³-hybridized carbons (Fsp3) is 0.125. The van der Waals surface area contributed by atoms with Gasteiger partial charge in [0.05, 0.1) is 6.61 Å². The van der Waals surface area contributed by atoms with Crippen LogP contribution in [0.4, 0.5) is 5.69 Å². The number of benzene rings is 2. The Balaban J connectivity index is 2.14. The van der Waals surface area contributed by atoms with Crippen molar-refractivity contribution in [3.05, 3.63) is 46.4 Å². The minimum atomic E-state index is -0.474. The monoisotopic (exact) mass is 360 g/mol. The van der Waals surface area contributed by atoms with Gasteiger partial charge in [-0.15, -0.1) is 0 Å². The van der Waals surface area contributed by atoms with Crippen LogP contribution in [0.15, 0.2) is 45.3 Å². The van der Waals surface area contributed by atoms with Crippen LogP contribution in [-0.2, 0) is 4.74 Å². The van der Waals surface area contributed by atoms with Crippen molar-refractivity contribution in [1.29, 1.82) is 0 Å². The summed E-state index contributed by atoms with van der Waals surface area (Å²) < 4.78 is 11.8. The zero-order valence-electron chi connectivity index (χ0n) is 11.8. The molecule has 0 saturated carbocycles. The van der Waals surface area contributed by atoms with Gasteiger partial charge in [0.2, 0.25) is 5.89 Å². The number of anilines is 1. The third kappa shape index (κ3) is 2.69. The summed E-state index contributed by atoms with van der Waals surface area (Å²) in [7, 11) is 0. The molecular weight excluding hydrogens is 348 g/mol. The fourth-order valence-electron chi connectivity index (χ4n) is 2.13. The summed E-state index contributed by atoms with van der Waals surface area (Å²) in [5.41, 5.74) is 8.27. The molecule has 6 heteroatoms. The summed E-state index contributed by atoms with van der Waals surface area (Å²) in [6.07, 6.45) is 0. The normalized spacial score (nSPS) is 10.8. The van der Waals surface area contributed by atoms with E-state index in [0.29, 0.717) is 22.7 Å². The van der Waals surface area contributed by atoms with Crippen molar-refractivity contribution in [2.75, 3.05) is 12.3 Å². The minimum absolute atomic E-state index is 0.281. The number of nitrogens with zero attached hydrogens (tertiary/aromatic N) is 1. The third-order valence-corrected chi connectivity index (χ3v) is 3.63. The van der Waals surface area contributed by atoms with Crippen LogP contribution in [0.1, 0.15) is 17.3 Å². The van der Waals surface area contributed by atoms with Crippen molar-refractivity contribution in [3.63, 3.8) is 0 Å². The predicted molar refractivity (Wildman–Crippen MR) is 87.5 cm³/mol. The molecule has 2 aromatic carbocycles. The molecule has 2 N–H and O–H groups in total. The molecule has 0 amide bonds. The van der Waals surface area contributed by atoms with Crippen molar-refractivity contribution in [1.82, 2.24) is 4.98 Å². The zero-order valence-corrected chi connectivity index (χ0v) is 13.4. The number of halogens is 1. The number of carbonyl (C=O) groups excluding carboxylic acids is 1. The molecule has 0 aliphatic carbocycles. The van der Waals surface area contributed by atoms with E-state index in [2.05, 4.69) is 20.9 Å². The van der Waals surface area contributed by atoms with E-state index in [1.807, 2.05) is 24.3 Å². The largest absolute Gasteiger partial charge is 0.462 e. The maximum absolute atomic E-state index is 12.0. The maximum atomic E-state index is 12.0. The summed E-state index contributed by atoms with van der Waals surface area (Å²) in [5, 5.41) is 0. The number of carbonyl (C=O) groups is 1. The Morgan fingerprint density at radius 2 is 2.05 bits per heavy atom. The van der Waals surface area contributed by atoms with Crippen LogP contribution >= 0.6 is 15.9 Å². The number of ether oxygens (including phenoxy) is 1. The standard InChI is InChI=1S/C16H13BrN2O3/c1-2-21-16(20)12-7-11(18)8-13-14(12)22-15(19-13)9-3-5-10(17)6-4-9/h3-8H,2,18H2,1H3. The molecule has 0 aliphatic heterocycles. The van der Waals surface area contributed by atoms with Gasteiger partial charge in [-0.3, -0.25) is 0 Å². The van der Waals surface area contributed by atoms with Gasteiger partial charge < -0.3 is 14.9 Å². The van der Waals surface area contributed by atoms with E-state index in [4.69, 9.17) is 14.9 Å². The smallest absolute Gasteiger partial charge is 0.342 e. The van der Waals surface area contributed by atoms with Gasteiger partial charge in [-0.25, -0.2) is 9.78 Å². The molecule has 0 fully saturated rings. The number of aromatic nitrogens is 1. The van der Waals surface area contributed by atoms with Gasteiger partial charge in [0, 0.05) is 15.7 Å². The summed E-state index contributed by atoms with van der Waals surface area (Å²) >= 11 is 3.38. The van der Waals surface area contributed by atoms with Crippen LogP contribution in [-0.4, -0.2) is 17.6 Å². The van der Waals surface area contributed by atoms with E-state index in [1.165, 1.54) is 6.07 Å². The molecule has 5 nitrogen and oxygen atoms in total. The lowest BCUT2D eigenvalue weighted by Crippen LogP contribution is -2.05. The maximum Gasteiger partial charge on any atom is 0.342 e. The summed E-state index contributed by atoms with van der Waals surface area (Å²) in [4.78, 5) is 16.4. The summed E-state index contributed by atoms with van der Waals surface area (Å²) in [6, 6.07) is 10.8. The third-order valence-electron chi connectivity index (χ3n) is 3.10. The average molecular weight is 361 g/mol. The van der Waals surface area contributed by atoms with Crippen LogP contribution < -0.4 is 5.73 Å². The van der Waals surface area contributed by atoms with Crippen molar-refractivity contribution in [2.24, 2.45) is 0 Å². The lowest BCUT2D eigenvalue weighted by molar-refractivity contribution is 0.0527. The minimum Gasteiger partial charge on any atom is -0.462 e. The molecule has 3 aromatic rings. The zero-order chi connectivity index (χ0) is 15.7. The first kappa shape index (κ1) is 14.6. The van der Waals surface area contributed by atoms with Gasteiger partial charge in [-0.05, 0) is 43.3 Å². The van der Waals surface area contributed by atoms with Gasteiger partial charge in [0.25, 0.3) is 0 Å². The van der Waals surface area contributed by atoms with E-state index >= 15 is 0 Å². The van der Waals surface area contributed by atoms with E-state index in [9.17, 15) is 4.79 Å². The van der Waals surface area contributed by atoms with Gasteiger partial charge in [-0.1, -0.05) is 15.9 Å². The Labute approximate surface area is 135 Å². The predicted octanol–water partition coefficient (Wildman–Crippen LogP) is 4.02. The highest BCUT2D eigenvalue weighted by atomic mass is 79.9. The number of fused-ring (bicyclic) bond motifs is 1. The molecule has 0 radical (unpaired) electrons. The number of nitrogen functional groups attached to an aromatic ring is 1. The lowest BCUT2D eigenvalue weighted by atomic mass is 10.2. The molecule has 0 atom stereocenters. The Kier molecular flexibility index (Phi) is 3.85. The second-order valence-corrected chi connectivity index (χ2v) is 5.58. The SMILES string of the molecule is CCOC(=O)c1cc(N)cc2nc(-c3ccc(Br)cc3)oc12. The molecule has 0 unspecified atom stereocenters. The molecule has 1 heterocycles. The molecule has 0 bridgehead atoms. The van der Waals surface area contributed by atoms with Crippen molar-refractivity contribution in [3.8, 4) is 11.5 Å². The second-order valence-electron chi connectivity index (χ2n) is 4.66. The second kappa shape index (κ2) is 5.81.